The second kappa shape index (κ2) is 8.29. The number of thiophene rings is 1. The van der Waals surface area contributed by atoms with Crippen LogP contribution < -0.4 is 15.8 Å². The lowest BCUT2D eigenvalue weighted by Gasteiger charge is -2.11. The number of amides is 1. The summed E-state index contributed by atoms with van der Waals surface area (Å²) < 4.78 is 7.02. The summed E-state index contributed by atoms with van der Waals surface area (Å²) in [6.07, 6.45) is 2.59. The summed E-state index contributed by atoms with van der Waals surface area (Å²) in [5.41, 5.74) is 6.86. The van der Waals surface area contributed by atoms with Crippen LogP contribution in [0.2, 0.25) is 0 Å². The van der Waals surface area contributed by atoms with Crippen LogP contribution in [0.1, 0.15) is 36.2 Å². The number of benzene rings is 1. The van der Waals surface area contributed by atoms with Crippen molar-refractivity contribution in [1.82, 2.24) is 10.3 Å². The SMILES string of the molecule is CC(C)CCNCc1ccc(Oc2ccc(C(N)=O)cn2)c2sccc12. The average Bonchev–Trinajstić information content (AvgIpc) is 3.11. The average molecular weight is 369 g/mol. The molecule has 0 aliphatic rings. The number of aromatic nitrogens is 1. The maximum atomic E-state index is 11.1. The fourth-order valence-electron chi connectivity index (χ4n) is 2.64. The first-order valence-electron chi connectivity index (χ1n) is 8.68. The molecule has 0 radical (unpaired) electrons. The van der Waals surface area contributed by atoms with E-state index < -0.39 is 5.91 Å². The lowest BCUT2D eigenvalue weighted by molar-refractivity contribution is 0.1000. The zero-order valence-electron chi connectivity index (χ0n) is 15.0. The predicted octanol–water partition coefficient (Wildman–Crippen LogP) is 4.32. The number of pyridine rings is 1. The molecule has 3 N–H and O–H groups in total. The highest BCUT2D eigenvalue weighted by atomic mass is 32.1. The van der Waals surface area contributed by atoms with E-state index in [1.807, 2.05) is 6.07 Å². The van der Waals surface area contributed by atoms with Crippen molar-refractivity contribution < 1.29 is 9.53 Å². The molecule has 0 bridgehead atoms. The molecule has 3 aromatic rings. The minimum Gasteiger partial charge on any atom is -0.438 e. The smallest absolute Gasteiger partial charge is 0.250 e. The first-order chi connectivity index (χ1) is 12.5. The second-order valence-corrected chi connectivity index (χ2v) is 7.51. The number of carbonyl (C=O) groups excluding carboxylic acids is 1. The van der Waals surface area contributed by atoms with Gasteiger partial charge in [0.05, 0.1) is 10.3 Å². The summed E-state index contributed by atoms with van der Waals surface area (Å²) in [4.78, 5) is 15.3. The monoisotopic (exact) mass is 369 g/mol. The van der Waals surface area contributed by atoms with Crippen molar-refractivity contribution in [3.05, 3.63) is 53.0 Å². The molecule has 3 rings (SSSR count). The van der Waals surface area contributed by atoms with Crippen LogP contribution in [-0.4, -0.2) is 17.4 Å². The largest absolute Gasteiger partial charge is 0.438 e. The van der Waals surface area contributed by atoms with Crippen molar-refractivity contribution in [2.45, 2.75) is 26.8 Å². The maximum absolute atomic E-state index is 11.1. The lowest BCUT2D eigenvalue weighted by Crippen LogP contribution is -2.16. The van der Waals surface area contributed by atoms with Crippen LogP contribution >= 0.6 is 11.3 Å². The number of nitrogens with zero attached hydrogens (tertiary/aromatic N) is 1. The van der Waals surface area contributed by atoms with Crippen LogP contribution in [0, 0.1) is 5.92 Å². The molecule has 0 fully saturated rings. The minimum atomic E-state index is -0.501. The van der Waals surface area contributed by atoms with Gasteiger partial charge >= 0.3 is 0 Å². The Kier molecular flexibility index (Phi) is 5.85. The zero-order valence-corrected chi connectivity index (χ0v) is 15.8. The van der Waals surface area contributed by atoms with E-state index in [4.69, 9.17) is 10.5 Å². The Hall–Kier alpha value is -2.44. The third kappa shape index (κ3) is 4.39. The van der Waals surface area contributed by atoms with E-state index in [0.717, 1.165) is 23.5 Å². The highest BCUT2D eigenvalue weighted by molar-refractivity contribution is 7.17. The number of nitrogens with two attached hydrogens (primary N) is 1. The number of nitrogens with one attached hydrogen (secondary N) is 1. The van der Waals surface area contributed by atoms with Gasteiger partial charge in [0.1, 0.15) is 5.75 Å². The van der Waals surface area contributed by atoms with Crippen molar-refractivity contribution in [3.8, 4) is 11.6 Å². The van der Waals surface area contributed by atoms with E-state index in [-0.39, 0.29) is 0 Å². The third-order valence-electron chi connectivity index (χ3n) is 4.12. The molecule has 6 heteroatoms. The standard InChI is InChI=1S/C20H23N3O2S/c1-13(2)7-9-22-11-14-3-5-17(19-16(14)8-10-26-19)25-18-6-4-15(12-23-18)20(21)24/h3-6,8,10,12-13,22H,7,9,11H2,1-2H3,(H2,21,24). The van der Waals surface area contributed by atoms with Crippen LogP contribution in [0.25, 0.3) is 10.1 Å². The Morgan fingerprint density at radius 1 is 1.27 bits per heavy atom. The van der Waals surface area contributed by atoms with E-state index in [0.29, 0.717) is 17.4 Å². The molecular weight excluding hydrogens is 346 g/mol. The van der Waals surface area contributed by atoms with Gasteiger partial charge < -0.3 is 15.8 Å². The van der Waals surface area contributed by atoms with Crippen molar-refractivity contribution in [3.63, 3.8) is 0 Å². The van der Waals surface area contributed by atoms with Crippen molar-refractivity contribution in [1.29, 1.82) is 0 Å². The summed E-state index contributed by atoms with van der Waals surface area (Å²) in [5.74, 6) is 1.40. The number of fused-ring (bicyclic) bond motifs is 1. The van der Waals surface area contributed by atoms with Gasteiger partial charge in [0.2, 0.25) is 11.8 Å². The van der Waals surface area contributed by atoms with E-state index in [9.17, 15) is 4.79 Å². The number of rotatable bonds is 8. The number of ether oxygens (including phenoxy) is 1. The number of primary amides is 1. The van der Waals surface area contributed by atoms with Crippen LogP contribution in [0.3, 0.4) is 0 Å². The zero-order chi connectivity index (χ0) is 18.5. The lowest BCUT2D eigenvalue weighted by atomic mass is 10.1. The fraction of sp³-hybridized carbons (Fsp3) is 0.300. The van der Waals surface area contributed by atoms with Crippen LogP contribution in [0.5, 0.6) is 11.6 Å². The van der Waals surface area contributed by atoms with Crippen molar-refractivity contribution >= 4 is 27.3 Å². The van der Waals surface area contributed by atoms with Gasteiger partial charge in [-0.05, 0) is 48.0 Å². The summed E-state index contributed by atoms with van der Waals surface area (Å²) in [6, 6.07) is 9.45. The molecule has 0 saturated carbocycles. The quantitative estimate of drug-likeness (QED) is 0.580. The van der Waals surface area contributed by atoms with Gasteiger partial charge in [0, 0.05) is 24.2 Å². The van der Waals surface area contributed by atoms with E-state index in [1.165, 1.54) is 23.6 Å². The highest BCUT2D eigenvalue weighted by Gasteiger charge is 2.10. The van der Waals surface area contributed by atoms with Crippen LogP contribution in [0.15, 0.2) is 41.9 Å². The molecule has 1 aromatic carbocycles. The van der Waals surface area contributed by atoms with E-state index in [2.05, 4.69) is 41.7 Å². The molecule has 5 nitrogen and oxygen atoms in total. The molecule has 26 heavy (non-hydrogen) atoms. The Morgan fingerprint density at radius 3 is 2.81 bits per heavy atom. The normalized spacial score (nSPS) is 11.2. The first-order valence-corrected chi connectivity index (χ1v) is 9.56. The van der Waals surface area contributed by atoms with Gasteiger partial charge in [-0.1, -0.05) is 19.9 Å². The Morgan fingerprint density at radius 2 is 2.12 bits per heavy atom. The summed E-state index contributed by atoms with van der Waals surface area (Å²) in [5, 5.41) is 6.77. The Labute approximate surface area is 157 Å². The van der Waals surface area contributed by atoms with Gasteiger partial charge in [-0.25, -0.2) is 4.98 Å². The molecule has 0 aliphatic carbocycles. The first kappa shape index (κ1) is 18.4. The summed E-state index contributed by atoms with van der Waals surface area (Å²) in [7, 11) is 0. The Bertz CT molecular complexity index is 888. The van der Waals surface area contributed by atoms with Crippen molar-refractivity contribution in [2.75, 3.05) is 6.54 Å². The molecule has 0 unspecified atom stereocenters. The number of hydrogen-bond acceptors (Lipinski definition) is 5. The minimum absolute atomic E-state index is 0.362. The predicted molar refractivity (Wildman–Crippen MR) is 106 cm³/mol. The molecule has 2 aromatic heterocycles. The molecule has 0 spiro atoms. The summed E-state index contributed by atoms with van der Waals surface area (Å²) >= 11 is 1.64. The molecule has 1 amide bonds. The molecule has 0 aliphatic heterocycles. The van der Waals surface area contributed by atoms with Gasteiger partial charge in [-0.3, -0.25) is 4.79 Å². The van der Waals surface area contributed by atoms with Crippen LogP contribution in [-0.2, 0) is 6.54 Å². The number of hydrogen-bond donors (Lipinski definition) is 2. The highest BCUT2D eigenvalue weighted by Crippen LogP contribution is 2.35. The third-order valence-corrected chi connectivity index (χ3v) is 5.05. The fourth-order valence-corrected chi connectivity index (χ4v) is 3.53. The topological polar surface area (TPSA) is 77.2 Å². The molecule has 0 atom stereocenters. The van der Waals surface area contributed by atoms with E-state index in [1.54, 1.807) is 23.5 Å². The van der Waals surface area contributed by atoms with Crippen molar-refractivity contribution in [2.24, 2.45) is 11.7 Å². The Balaban J connectivity index is 1.75. The van der Waals surface area contributed by atoms with Gasteiger partial charge in [0.25, 0.3) is 0 Å². The van der Waals surface area contributed by atoms with Gasteiger partial charge in [-0.2, -0.15) is 0 Å². The maximum Gasteiger partial charge on any atom is 0.250 e. The molecule has 2 heterocycles. The second-order valence-electron chi connectivity index (χ2n) is 6.60. The molecule has 0 saturated heterocycles. The van der Waals surface area contributed by atoms with E-state index >= 15 is 0 Å². The summed E-state index contributed by atoms with van der Waals surface area (Å²) in [6.45, 7) is 6.31. The molecule has 136 valence electrons. The van der Waals surface area contributed by atoms with Gasteiger partial charge in [0.15, 0.2) is 0 Å². The molecular formula is C20H23N3O2S. The number of carbonyl (C=O) groups is 1. The van der Waals surface area contributed by atoms with Crippen LogP contribution in [0.4, 0.5) is 0 Å². The van der Waals surface area contributed by atoms with Gasteiger partial charge in [-0.15, -0.1) is 11.3 Å².